The predicted octanol–water partition coefficient (Wildman–Crippen LogP) is 6.50. The molecule has 1 aliphatic rings. The average molecular weight is 751 g/mol. The minimum absolute atomic E-state index is 0.0146. The van der Waals surface area contributed by atoms with E-state index in [1.54, 1.807) is 13.1 Å². The zero-order valence-electron chi connectivity index (χ0n) is 31.1. The van der Waals surface area contributed by atoms with Gasteiger partial charge < -0.3 is 20.7 Å². The Labute approximate surface area is 322 Å². The van der Waals surface area contributed by atoms with E-state index in [0.29, 0.717) is 11.6 Å². The molecule has 11 nitrogen and oxygen atoms in total. The molecule has 4 aromatic rings. The highest BCUT2D eigenvalue weighted by Gasteiger charge is 2.35. The van der Waals surface area contributed by atoms with Crippen LogP contribution in [0.2, 0.25) is 0 Å². The molecular weight excluding hydrogens is 701 g/mol. The zero-order valence-corrected chi connectivity index (χ0v) is 32.0. The number of thiol groups is 1. The van der Waals surface area contributed by atoms with E-state index < -0.39 is 24.1 Å². The quantitative estimate of drug-likeness (QED) is 0.0804. The molecule has 284 valence electrons. The van der Waals surface area contributed by atoms with Gasteiger partial charge in [0.05, 0.1) is 18.3 Å². The second-order valence-corrected chi connectivity index (χ2v) is 14.8. The van der Waals surface area contributed by atoms with Crippen molar-refractivity contribution in [3.8, 4) is 0 Å². The molecule has 0 fully saturated rings. The first-order valence-corrected chi connectivity index (χ1v) is 18.8. The Morgan fingerprint density at radius 3 is 2.19 bits per heavy atom. The van der Waals surface area contributed by atoms with E-state index in [4.69, 9.17) is 10.5 Å². The second kappa shape index (κ2) is 19.1. The van der Waals surface area contributed by atoms with Gasteiger partial charge in [-0.3, -0.25) is 24.7 Å². The van der Waals surface area contributed by atoms with Crippen molar-refractivity contribution in [1.29, 1.82) is 0 Å². The van der Waals surface area contributed by atoms with Crippen LogP contribution in [0.15, 0.2) is 115 Å². The van der Waals surface area contributed by atoms with Gasteiger partial charge in [-0.05, 0) is 48.3 Å². The van der Waals surface area contributed by atoms with Gasteiger partial charge in [0.15, 0.2) is 0 Å². The highest BCUT2D eigenvalue weighted by Crippen LogP contribution is 2.34. The summed E-state index contributed by atoms with van der Waals surface area (Å²) in [5.41, 5.74) is 11.8. The van der Waals surface area contributed by atoms with Gasteiger partial charge >= 0.3 is 6.09 Å². The van der Waals surface area contributed by atoms with E-state index in [-0.39, 0.29) is 49.7 Å². The summed E-state index contributed by atoms with van der Waals surface area (Å²) in [5, 5.41) is 5.77. The lowest BCUT2D eigenvalue weighted by Crippen LogP contribution is -2.55. The summed E-state index contributed by atoms with van der Waals surface area (Å²) in [6, 6.07) is 30.3. The van der Waals surface area contributed by atoms with Crippen molar-refractivity contribution in [2.45, 2.75) is 76.9 Å². The van der Waals surface area contributed by atoms with Crippen LogP contribution in [0.25, 0.3) is 10.8 Å². The third-order valence-corrected chi connectivity index (χ3v) is 9.54. The predicted molar refractivity (Wildman–Crippen MR) is 215 cm³/mol. The minimum atomic E-state index is -1.22. The molecular formula is C42H50N6O5S. The number of fused-ring (bicyclic) bond motifs is 1. The van der Waals surface area contributed by atoms with E-state index in [1.807, 2.05) is 108 Å². The van der Waals surface area contributed by atoms with Gasteiger partial charge in [0.2, 0.25) is 11.8 Å². The fourth-order valence-corrected chi connectivity index (χ4v) is 6.56. The summed E-state index contributed by atoms with van der Waals surface area (Å²) < 4.78 is 5.58. The van der Waals surface area contributed by atoms with Gasteiger partial charge in [-0.25, -0.2) is 9.80 Å². The standard InChI is InChI=1S/C42H50N6O5S/c1-29(2)21-22-35(54)24-39(49)45-48(25-31-13-6-4-7-14-31)41(51)37(44-42(52)53-27-32-15-8-5-9-16-32)23-34-26-46(40(50)30(3)43)28-47(34)38-20-12-18-33-17-10-11-19-36(33)38/h4-20,26,29-30,35,37,54H,21-25,27-28,43H2,1-3H3,(H,44,52)(H,45,49)/t30-,35-,37-/m0/s1. The van der Waals surface area contributed by atoms with E-state index in [1.165, 1.54) is 9.91 Å². The molecule has 0 unspecified atom stereocenters. The number of nitrogens with zero attached hydrogens (tertiary/aromatic N) is 3. The molecule has 5 rings (SSSR count). The van der Waals surface area contributed by atoms with Gasteiger partial charge in [0.25, 0.3) is 5.91 Å². The maximum atomic E-state index is 14.7. The van der Waals surface area contributed by atoms with Crippen molar-refractivity contribution in [3.63, 3.8) is 0 Å². The van der Waals surface area contributed by atoms with Gasteiger partial charge in [0, 0.05) is 35.4 Å². The Kier molecular flexibility index (Phi) is 14.1. The Bertz CT molecular complexity index is 1920. The van der Waals surface area contributed by atoms with Gasteiger partial charge in [-0.1, -0.05) is 111 Å². The van der Waals surface area contributed by atoms with Crippen LogP contribution in [0, 0.1) is 5.92 Å². The zero-order chi connectivity index (χ0) is 38.6. The Hall–Kier alpha value is -5.33. The number of nitrogens with two attached hydrogens (primary N) is 1. The molecule has 3 atom stereocenters. The van der Waals surface area contributed by atoms with E-state index >= 15 is 0 Å². The fraction of sp³-hybridized carbons (Fsp3) is 0.333. The number of carbonyl (C=O) groups excluding carboxylic acids is 4. The average Bonchev–Trinajstić information content (AvgIpc) is 3.59. The maximum Gasteiger partial charge on any atom is 0.408 e. The van der Waals surface area contributed by atoms with Crippen LogP contribution < -0.4 is 21.4 Å². The highest BCUT2D eigenvalue weighted by atomic mass is 32.1. The first-order valence-electron chi connectivity index (χ1n) is 18.3. The van der Waals surface area contributed by atoms with Crippen molar-refractivity contribution < 1.29 is 23.9 Å². The molecule has 0 bridgehead atoms. The Morgan fingerprint density at radius 1 is 0.852 bits per heavy atom. The number of anilines is 1. The molecule has 54 heavy (non-hydrogen) atoms. The third kappa shape index (κ3) is 11.1. The van der Waals surface area contributed by atoms with E-state index in [9.17, 15) is 19.2 Å². The van der Waals surface area contributed by atoms with Crippen LogP contribution in [0.4, 0.5) is 10.5 Å². The van der Waals surface area contributed by atoms with Crippen molar-refractivity contribution in [3.05, 3.63) is 126 Å². The molecule has 0 saturated heterocycles. The maximum absolute atomic E-state index is 14.7. The SMILES string of the molecule is CC(C)CC[C@H](S)CC(=O)NN(Cc1ccccc1)C(=O)[C@H](CC1=CN(C(=O)[C@H](C)N)CN1c1cccc2ccccc12)NC(=O)OCc1ccccc1. The molecule has 4 aromatic carbocycles. The van der Waals surface area contributed by atoms with Crippen LogP contribution in [-0.2, 0) is 32.3 Å². The molecule has 1 aliphatic heterocycles. The van der Waals surface area contributed by atoms with Gasteiger partial charge in [-0.2, -0.15) is 12.6 Å². The molecule has 4 N–H and O–H groups in total. The minimum Gasteiger partial charge on any atom is -0.445 e. The molecule has 0 spiro atoms. The summed E-state index contributed by atoms with van der Waals surface area (Å²) in [7, 11) is 0. The summed E-state index contributed by atoms with van der Waals surface area (Å²) in [6.07, 6.45) is 2.57. The number of amides is 4. The number of carbonyl (C=O) groups is 4. The summed E-state index contributed by atoms with van der Waals surface area (Å²) in [6.45, 7) is 6.02. The number of alkyl carbamates (subject to hydrolysis) is 1. The number of ether oxygens (including phenoxy) is 1. The Balaban J connectivity index is 1.48. The largest absolute Gasteiger partial charge is 0.445 e. The first kappa shape index (κ1) is 39.9. The first-order chi connectivity index (χ1) is 26.0. The number of nitrogens with one attached hydrogen (secondary N) is 2. The number of hydrogen-bond donors (Lipinski definition) is 4. The number of hydrazine groups is 1. The van der Waals surface area contributed by atoms with Gasteiger partial charge in [0.1, 0.15) is 19.3 Å². The van der Waals surface area contributed by atoms with Crippen LogP contribution in [0.1, 0.15) is 57.6 Å². The summed E-state index contributed by atoms with van der Waals surface area (Å²) in [4.78, 5) is 58.4. The lowest BCUT2D eigenvalue weighted by Gasteiger charge is -2.31. The van der Waals surface area contributed by atoms with Gasteiger partial charge in [-0.15, -0.1) is 0 Å². The van der Waals surface area contributed by atoms with Crippen LogP contribution >= 0.6 is 12.6 Å². The van der Waals surface area contributed by atoms with Crippen LogP contribution in [0.5, 0.6) is 0 Å². The monoisotopic (exact) mass is 750 g/mol. The summed E-state index contributed by atoms with van der Waals surface area (Å²) >= 11 is 4.65. The molecule has 12 heteroatoms. The molecule has 0 aromatic heterocycles. The Morgan fingerprint density at radius 2 is 1.50 bits per heavy atom. The van der Waals surface area contributed by atoms with Crippen molar-refractivity contribution in [1.82, 2.24) is 20.7 Å². The van der Waals surface area contributed by atoms with Crippen molar-refractivity contribution >= 4 is 52.9 Å². The van der Waals surface area contributed by atoms with E-state index in [2.05, 4.69) is 37.2 Å². The number of benzene rings is 4. The molecule has 0 radical (unpaired) electrons. The lowest BCUT2D eigenvalue weighted by atomic mass is 10.0. The molecule has 0 aliphatic carbocycles. The smallest absolute Gasteiger partial charge is 0.408 e. The normalized spacial score (nSPS) is 14.3. The summed E-state index contributed by atoms with van der Waals surface area (Å²) in [5.74, 6) is -0.785. The van der Waals surface area contributed by atoms with E-state index in [0.717, 1.165) is 40.4 Å². The highest BCUT2D eigenvalue weighted by molar-refractivity contribution is 7.81. The molecule has 4 amide bonds. The molecule has 0 saturated carbocycles. The fourth-order valence-electron chi connectivity index (χ4n) is 6.25. The third-order valence-electron chi connectivity index (χ3n) is 9.10. The lowest BCUT2D eigenvalue weighted by molar-refractivity contribution is -0.143. The second-order valence-electron chi connectivity index (χ2n) is 14.0. The molecule has 1 heterocycles. The van der Waals surface area contributed by atoms with Crippen molar-refractivity contribution in [2.75, 3.05) is 11.6 Å². The van der Waals surface area contributed by atoms with Crippen molar-refractivity contribution in [2.24, 2.45) is 11.7 Å². The number of hydrogen-bond acceptors (Lipinski definition) is 8. The number of rotatable bonds is 15. The topological polar surface area (TPSA) is 137 Å². The van der Waals surface area contributed by atoms with Crippen LogP contribution in [-0.4, -0.2) is 57.7 Å². The van der Waals surface area contributed by atoms with Crippen LogP contribution in [0.3, 0.4) is 0 Å².